The quantitative estimate of drug-likeness (QED) is 0.759. The van der Waals surface area contributed by atoms with Gasteiger partial charge in [-0.05, 0) is 55.2 Å². The molecular formula is C22H26ClN3O2. The van der Waals surface area contributed by atoms with Crippen molar-refractivity contribution >= 4 is 34.8 Å². The van der Waals surface area contributed by atoms with Gasteiger partial charge in [0.2, 0.25) is 5.91 Å². The van der Waals surface area contributed by atoms with Gasteiger partial charge in [-0.25, -0.2) is 0 Å². The molecule has 0 bridgehead atoms. The highest BCUT2D eigenvalue weighted by Gasteiger charge is 2.25. The van der Waals surface area contributed by atoms with Crippen molar-refractivity contribution in [3.8, 4) is 0 Å². The Hall–Kier alpha value is -2.53. The summed E-state index contributed by atoms with van der Waals surface area (Å²) in [6, 6.07) is 14.0. The van der Waals surface area contributed by atoms with Crippen LogP contribution in [0, 0.1) is 5.92 Å². The third-order valence-electron chi connectivity index (χ3n) is 4.96. The molecular weight excluding hydrogens is 374 g/mol. The summed E-state index contributed by atoms with van der Waals surface area (Å²) in [4.78, 5) is 27.7. The molecule has 0 saturated carbocycles. The molecule has 28 heavy (non-hydrogen) atoms. The fraction of sp³-hybridized carbons (Fsp3) is 0.364. The maximum absolute atomic E-state index is 12.8. The maximum atomic E-state index is 12.8. The second kappa shape index (κ2) is 9.11. The molecule has 0 radical (unpaired) electrons. The highest BCUT2D eigenvalue weighted by atomic mass is 35.5. The average molecular weight is 400 g/mol. The zero-order valence-corrected chi connectivity index (χ0v) is 17.0. The van der Waals surface area contributed by atoms with Crippen molar-refractivity contribution in [1.82, 2.24) is 5.32 Å². The molecule has 1 fully saturated rings. The van der Waals surface area contributed by atoms with E-state index in [1.54, 1.807) is 24.3 Å². The van der Waals surface area contributed by atoms with E-state index in [1.165, 1.54) is 18.5 Å². The first-order valence-corrected chi connectivity index (χ1v) is 10.0. The molecule has 148 valence electrons. The molecule has 2 amide bonds. The smallest absolute Gasteiger partial charge is 0.253 e. The van der Waals surface area contributed by atoms with Gasteiger partial charge in [0.05, 0.1) is 10.6 Å². The number of anilines is 2. The molecule has 2 aromatic carbocycles. The van der Waals surface area contributed by atoms with Gasteiger partial charge in [-0.3, -0.25) is 9.59 Å². The van der Waals surface area contributed by atoms with Crippen LogP contribution in [0.5, 0.6) is 0 Å². The Morgan fingerprint density at radius 2 is 1.64 bits per heavy atom. The van der Waals surface area contributed by atoms with Crippen molar-refractivity contribution in [2.24, 2.45) is 5.92 Å². The molecule has 1 heterocycles. The summed E-state index contributed by atoms with van der Waals surface area (Å²) in [6.07, 6.45) is 2.44. The predicted molar refractivity (Wildman–Crippen MR) is 114 cm³/mol. The van der Waals surface area contributed by atoms with E-state index in [0.29, 0.717) is 16.3 Å². The lowest BCUT2D eigenvalue weighted by molar-refractivity contribution is -0.118. The topological polar surface area (TPSA) is 61.4 Å². The molecule has 2 aromatic rings. The average Bonchev–Trinajstić information content (AvgIpc) is 3.21. The SMILES string of the molecule is CC(C)[C@H](NC(=O)c1ccccc1Cl)C(=O)Nc1ccc(N2CCCC2)cc1. The number of halogens is 1. The highest BCUT2D eigenvalue weighted by molar-refractivity contribution is 6.33. The van der Waals surface area contributed by atoms with E-state index in [9.17, 15) is 9.59 Å². The van der Waals surface area contributed by atoms with Crippen LogP contribution >= 0.6 is 11.6 Å². The van der Waals surface area contributed by atoms with Crippen molar-refractivity contribution in [2.75, 3.05) is 23.3 Å². The largest absolute Gasteiger partial charge is 0.372 e. The summed E-state index contributed by atoms with van der Waals surface area (Å²) in [5.74, 6) is -0.677. The number of hydrogen-bond acceptors (Lipinski definition) is 3. The van der Waals surface area contributed by atoms with Gasteiger partial charge in [0.25, 0.3) is 5.91 Å². The molecule has 0 aromatic heterocycles. The number of hydrogen-bond donors (Lipinski definition) is 2. The minimum Gasteiger partial charge on any atom is -0.372 e. The number of rotatable bonds is 6. The van der Waals surface area contributed by atoms with E-state index < -0.39 is 6.04 Å². The molecule has 6 heteroatoms. The Morgan fingerprint density at radius 3 is 2.25 bits per heavy atom. The number of carbonyl (C=O) groups is 2. The zero-order chi connectivity index (χ0) is 20.1. The lowest BCUT2D eigenvalue weighted by atomic mass is 10.0. The Balaban J connectivity index is 1.66. The fourth-order valence-corrected chi connectivity index (χ4v) is 3.57. The number of carbonyl (C=O) groups excluding carboxylic acids is 2. The van der Waals surface area contributed by atoms with E-state index in [2.05, 4.69) is 15.5 Å². The van der Waals surface area contributed by atoms with Gasteiger partial charge >= 0.3 is 0 Å². The van der Waals surface area contributed by atoms with Crippen molar-refractivity contribution in [1.29, 1.82) is 0 Å². The Kier molecular flexibility index (Phi) is 6.57. The van der Waals surface area contributed by atoms with Crippen LogP contribution in [-0.2, 0) is 4.79 Å². The summed E-state index contributed by atoms with van der Waals surface area (Å²) in [5, 5.41) is 6.08. The highest BCUT2D eigenvalue weighted by Crippen LogP contribution is 2.22. The molecule has 1 aliphatic heterocycles. The van der Waals surface area contributed by atoms with E-state index in [4.69, 9.17) is 11.6 Å². The molecule has 5 nitrogen and oxygen atoms in total. The molecule has 1 atom stereocenters. The maximum Gasteiger partial charge on any atom is 0.253 e. The minimum absolute atomic E-state index is 0.0738. The standard InChI is InChI=1S/C22H26ClN3O2/c1-15(2)20(25-21(27)18-7-3-4-8-19(18)23)22(28)24-16-9-11-17(12-10-16)26-13-5-6-14-26/h3-4,7-12,15,20H,5-6,13-14H2,1-2H3,(H,24,28)(H,25,27)/t20-/m0/s1. The van der Waals surface area contributed by atoms with Crippen molar-refractivity contribution in [3.05, 3.63) is 59.1 Å². The molecule has 2 N–H and O–H groups in total. The fourth-order valence-electron chi connectivity index (χ4n) is 3.35. The summed E-state index contributed by atoms with van der Waals surface area (Å²) in [7, 11) is 0. The predicted octanol–water partition coefficient (Wildman–Crippen LogP) is 4.33. The minimum atomic E-state index is -0.665. The van der Waals surface area contributed by atoms with Crippen molar-refractivity contribution in [2.45, 2.75) is 32.7 Å². The van der Waals surface area contributed by atoms with Gasteiger partial charge in [-0.1, -0.05) is 37.6 Å². The van der Waals surface area contributed by atoms with Crippen LogP contribution in [0.1, 0.15) is 37.0 Å². The van der Waals surface area contributed by atoms with Crippen LogP contribution in [0.4, 0.5) is 11.4 Å². The normalized spacial score (nSPS) is 14.8. The summed E-state index contributed by atoms with van der Waals surface area (Å²) in [5.41, 5.74) is 2.24. The van der Waals surface area contributed by atoms with E-state index in [-0.39, 0.29) is 17.7 Å². The lowest BCUT2D eigenvalue weighted by Crippen LogP contribution is -2.47. The summed E-state index contributed by atoms with van der Waals surface area (Å²) in [6.45, 7) is 5.95. The van der Waals surface area contributed by atoms with Crippen LogP contribution in [0.25, 0.3) is 0 Å². The second-order valence-corrected chi connectivity index (χ2v) is 7.81. The van der Waals surface area contributed by atoms with Crippen LogP contribution in [0.3, 0.4) is 0 Å². The van der Waals surface area contributed by atoms with Gasteiger partial charge in [-0.15, -0.1) is 0 Å². The number of amides is 2. The van der Waals surface area contributed by atoms with E-state index >= 15 is 0 Å². The van der Waals surface area contributed by atoms with Gasteiger partial charge in [-0.2, -0.15) is 0 Å². The monoisotopic (exact) mass is 399 g/mol. The van der Waals surface area contributed by atoms with Gasteiger partial charge < -0.3 is 15.5 Å². The number of nitrogens with zero attached hydrogens (tertiary/aromatic N) is 1. The lowest BCUT2D eigenvalue weighted by Gasteiger charge is -2.22. The first-order valence-electron chi connectivity index (χ1n) is 9.67. The molecule has 3 rings (SSSR count). The second-order valence-electron chi connectivity index (χ2n) is 7.41. The van der Waals surface area contributed by atoms with Crippen molar-refractivity contribution < 1.29 is 9.59 Å². The van der Waals surface area contributed by atoms with Gasteiger partial charge in [0.15, 0.2) is 0 Å². The van der Waals surface area contributed by atoms with Gasteiger partial charge in [0, 0.05) is 24.5 Å². The Labute approximate surface area is 171 Å². The van der Waals surface area contributed by atoms with Crippen LogP contribution < -0.4 is 15.5 Å². The molecule has 0 spiro atoms. The summed E-state index contributed by atoms with van der Waals surface area (Å²) < 4.78 is 0. The molecule has 1 aliphatic rings. The molecule has 1 saturated heterocycles. The molecule has 0 aliphatic carbocycles. The Bertz CT molecular complexity index is 830. The van der Waals surface area contributed by atoms with E-state index in [0.717, 1.165) is 13.1 Å². The molecule has 0 unspecified atom stereocenters. The number of benzene rings is 2. The number of nitrogens with one attached hydrogen (secondary N) is 2. The van der Waals surface area contributed by atoms with Crippen LogP contribution in [0.15, 0.2) is 48.5 Å². The van der Waals surface area contributed by atoms with Gasteiger partial charge in [0.1, 0.15) is 6.04 Å². The van der Waals surface area contributed by atoms with Crippen LogP contribution in [-0.4, -0.2) is 30.9 Å². The van der Waals surface area contributed by atoms with Crippen molar-refractivity contribution in [3.63, 3.8) is 0 Å². The summed E-state index contributed by atoms with van der Waals surface area (Å²) >= 11 is 6.09. The Morgan fingerprint density at radius 1 is 1.00 bits per heavy atom. The van der Waals surface area contributed by atoms with Crippen LogP contribution in [0.2, 0.25) is 5.02 Å². The zero-order valence-electron chi connectivity index (χ0n) is 16.2. The van der Waals surface area contributed by atoms with E-state index in [1.807, 2.05) is 38.1 Å². The third-order valence-corrected chi connectivity index (χ3v) is 5.29. The first kappa shape index (κ1) is 20.2. The third kappa shape index (κ3) is 4.84. The first-order chi connectivity index (χ1) is 13.5.